The van der Waals surface area contributed by atoms with Crippen molar-refractivity contribution in [2.75, 3.05) is 19.4 Å². The van der Waals surface area contributed by atoms with Gasteiger partial charge in [-0.1, -0.05) is 73.7 Å². The molecule has 0 radical (unpaired) electrons. The molecule has 0 saturated carbocycles. The summed E-state index contributed by atoms with van der Waals surface area (Å²) in [6, 6.07) is 25.2. The summed E-state index contributed by atoms with van der Waals surface area (Å²) < 4.78 is 5.39. The van der Waals surface area contributed by atoms with Crippen LogP contribution in [0, 0.1) is 6.92 Å². The number of methoxy groups -OCH3 is 1. The third kappa shape index (κ3) is 8.16. The van der Waals surface area contributed by atoms with E-state index >= 15 is 0 Å². The SMILES string of the molecule is CCCNC(=O)[C@@H](Cc1ccccc1)N(Cc1cccc(OC)c1)C(=O)CSCc1ccccc1C. The third-order valence-corrected chi connectivity index (χ3v) is 7.02. The van der Waals surface area contributed by atoms with Gasteiger partial charge in [0, 0.05) is 25.3 Å². The Kier molecular flexibility index (Phi) is 10.9. The molecule has 0 heterocycles. The summed E-state index contributed by atoms with van der Waals surface area (Å²) in [6.45, 7) is 5.01. The molecule has 5 nitrogen and oxygen atoms in total. The summed E-state index contributed by atoms with van der Waals surface area (Å²) in [6.07, 6.45) is 1.29. The van der Waals surface area contributed by atoms with E-state index in [1.807, 2.05) is 73.7 Å². The topological polar surface area (TPSA) is 58.6 Å². The van der Waals surface area contributed by atoms with Crippen LogP contribution < -0.4 is 10.1 Å². The molecule has 1 N–H and O–H groups in total. The molecule has 3 aromatic carbocycles. The highest BCUT2D eigenvalue weighted by atomic mass is 32.2. The lowest BCUT2D eigenvalue weighted by molar-refractivity contribution is -0.139. The Morgan fingerprint density at radius 3 is 2.42 bits per heavy atom. The molecule has 0 spiro atoms. The monoisotopic (exact) mass is 504 g/mol. The van der Waals surface area contributed by atoms with Gasteiger partial charge in [0.2, 0.25) is 11.8 Å². The van der Waals surface area contributed by atoms with Crippen molar-refractivity contribution >= 4 is 23.6 Å². The number of carbonyl (C=O) groups excluding carboxylic acids is 2. The van der Waals surface area contributed by atoms with E-state index in [9.17, 15) is 9.59 Å². The molecule has 0 fully saturated rings. The molecule has 2 amide bonds. The van der Waals surface area contributed by atoms with Gasteiger partial charge in [0.15, 0.2) is 0 Å². The van der Waals surface area contributed by atoms with Crippen molar-refractivity contribution in [2.24, 2.45) is 0 Å². The number of carbonyl (C=O) groups is 2. The van der Waals surface area contributed by atoms with Gasteiger partial charge in [-0.3, -0.25) is 9.59 Å². The van der Waals surface area contributed by atoms with E-state index in [0.29, 0.717) is 25.3 Å². The zero-order valence-electron chi connectivity index (χ0n) is 21.4. The molecule has 6 heteroatoms. The van der Waals surface area contributed by atoms with E-state index in [-0.39, 0.29) is 11.8 Å². The number of amides is 2. The average Bonchev–Trinajstić information content (AvgIpc) is 2.91. The molecule has 0 aliphatic carbocycles. The highest BCUT2D eigenvalue weighted by Gasteiger charge is 2.30. The van der Waals surface area contributed by atoms with Gasteiger partial charge in [-0.05, 0) is 47.7 Å². The molecule has 0 bridgehead atoms. The van der Waals surface area contributed by atoms with E-state index in [1.165, 1.54) is 11.1 Å². The number of benzene rings is 3. The normalized spacial score (nSPS) is 11.5. The van der Waals surface area contributed by atoms with Gasteiger partial charge in [-0.15, -0.1) is 11.8 Å². The number of hydrogen-bond donors (Lipinski definition) is 1. The fourth-order valence-corrected chi connectivity index (χ4v) is 4.98. The first-order chi connectivity index (χ1) is 17.5. The van der Waals surface area contributed by atoms with E-state index in [1.54, 1.807) is 23.8 Å². The maximum Gasteiger partial charge on any atom is 0.243 e. The quantitative estimate of drug-likeness (QED) is 0.338. The smallest absolute Gasteiger partial charge is 0.243 e. The van der Waals surface area contributed by atoms with Gasteiger partial charge in [0.1, 0.15) is 11.8 Å². The Hall–Kier alpha value is -3.25. The lowest BCUT2D eigenvalue weighted by atomic mass is 10.0. The fraction of sp³-hybridized carbons (Fsp3) is 0.333. The van der Waals surface area contributed by atoms with Crippen LogP contribution in [0.15, 0.2) is 78.9 Å². The van der Waals surface area contributed by atoms with E-state index in [4.69, 9.17) is 4.74 Å². The predicted molar refractivity (Wildman–Crippen MR) is 148 cm³/mol. The van der Waals surface area contributed by atoms with E-state index in [0.717, 1.165) is 29.1 Å². The number of nitrogens with one attached hydrogen (secondary N) is 1. The highest BCUT2D eigenvalue weighted by Crippen LogP contribution is 2.21. The number of nitrogens with zero attached hydrogens (tertiary/aromatic N) is 1. The van der Waals surface area contributed by atoms with Gasteiger partial charge < -0.3 is 15.0 Å². The maximum absolute atomic E-state index is 13.7. The van der Waals surface area contributed by atoms with Crippen molar-refractivity contribution < 1.29 is 14.3 Å². The first-order valence-electron chi connectivity index (χ1n) is 12.4. The number of aryl methyl sites for hydroxylation is 1. The molecule has 0 saturated heterocycles. The largest absolute Gasteiger partial charge is 0.497 e. The molecule has 0 unspecified atom stereocenters. The molecule has 190 valence electrons. The van der Waals surface area contributed by atoms with Crippen LogP contribution in [0.4, 0.5) is 0 Å². The fourth-order valence-electron chi connectivity index (χ4n) is 3.99. The zero-order chi connectivity index (χ0) is 25.8. The van der Waals surface area contributed by atoms with Crippen LogP contribution in [0.5, 0.6) is 5.75 Å². The van der Waals surface area contributed by atoms with Crippen LogP contribution in [0.2, 0.25) is 0 Å². The predicted octanol–water partition coefficient (Wildman–Crippen LogP) is 5.40. The van der Waals surface area contributed by atoms with Crippen molar-refractivity contribution in [2.45, 2.75) is 45.0 Å². The van der Waals surface area contributed by atoms with Gasteiger partial charge in [-0.25, -0.2) is 0 Å². The van der Waals surface area contributed by atoms with Crippen molar-refractivity contribution in [3.8, 4) is 5.75 Å². The van der Waals surface area contributed by atoms with Gasteiger partial charge in [0.25, 0.3) is 0 Å². The lowest BCUT2D eigenvalue weighted by Crippen LogP contribution is -2.51. The summed E-state index contributed by atoms with van der Waals surface area (Å²) >= 11 is 1.58. The van der Waals surface area contributed by atoms with Gasteiger partial charge >= 0.3 is 0 Å². The minimum atomic E-state index is -0.614. The molecule has 3 rings (SSSR count). The molecule has 36 heavy (non-hydrogen) atoms. The van der Waals surface area contributed by atoms with Gasteiger partial charge in [-0.2, -0.15) is 0 Å². The Balaban J connectivity index is 1.85. The lowest BCUT2D eigenvalue weighted by Gasteiger charge is -2.31. The van der Waals surface area contributed by atoms with Crippen LogP contribution in [-0.4, -0.2) is 42.2 Å². The number of hydrogen-bond acceptors (Lipinski definition) is 4. The molecular weight excluding hydrogens is 468 g/mol. The Bertz CT molecular complexity index is 1120. The molecule has 0 aromatic heterocycles. The Morgan fingerprint density at radius 2 is 1.69 bits per heavy atom. The van der Waals surface area contributed by atoms with Crippen LogP contribution in [0.25, 0.3) is 0 Å². The molecule has 0 aliphatic heterocycles. The average molecular weight is 505 g/mol. The van der Waals surface area contributed by atoms with Crippen LogP contribution in [0.3, 0.4) is 0 Å². The summed E-state index contributed by atoms with van der Waals surface area (Å²) in [5.74, 6) is 1.59. The zero-order valence-corrected chi connectivity index (χ0v) is 22.2. The second-order valence-electron chi connectivity index (χ2n) is 8.79. The number of thioether (sulfide) groups is 1. The molecule has 1 atom stereocenters. The van der Waals surface area contributed by atoms with Crippen LogP contribution >= 0.6 is 11.8 Å². The standard InChI is InChI=1S/C30H36N2O3S/c1-4-17-31-30(34)28(19-24-12-6-5-7-13-24)32(20-25-14-10-16-27(18-25)35-3)29(33)22-36-21-26-15-9-8-11-23(26)2/h5-16,18,28H,4,17,19-22H2,1-3H3,(H,31,34)/t28-/m1/s1. The van der Waals surface area contributed by atoms with E-state index < -0.39 is 6.04 Å². The summed E-state index contributed by atoms with van der Waals surface area (Å²) in [5.41, 5.74) is 4.38. The Labute approximate surface area is 219 Å². The minimum absolute atomic E-state index is 0.0519. The second kappa shape index (κ2) is 14.3. The summed E-state index contributed by atoms with van der Waals surface area (Å²) in [7, 11) is 1.63. The summed E-state index contributed by atoms with van der Waals surface area (Å²) in [5, 5.41) is 3.02. The van der Waals surface area contributed by atoms with Crippen LogP contribution in [0.1, 0.15) is 35.6 Å². The van der Waals surface area contributed by atoms with Crippen molar-refractivity contribution in [1.29, 1.82) is 0 Å². The van der Waals surface area contributed by atoms with E-state index in [2.05, 4.69) is 24.4 Å². The highest BCUT2D eigenvalue weighted by molar-refractivity contribution is 7.99. The molecular formula is C30H36N2O3S. The third-order valence-electron chi connectivity index (χ3n) is 6.05. The number of ether oxygens (including phenoxy) is 1. The van der Waals surface area contributed by atoms with Crippen molar-refractivity contribution in [1.82, 2.24) is 10.2 Å². The first-order valence-corrected chi connectivity index (χ1v) is 13.5. The van der Waals surface area contributed by atoms with Crippen molar-refractivity contribution in [3.05, 3.63) is 101 Å². The van der Waals surface area contributed by atoms with Crippen LogP contribution in [-0.2, 0) is 28.3 Å². The Morgan fingerprint density at radius 1 is 0.972 bits per heavy atom. The first kappa shape index (κ1) is 27.3. The molecule has 0 aliphatic rings. The van der Waals surface area contributed by atoms with Gasteiger partial charge in [0.05, 0.1) is 12.9 Å². The minimum Gasteiger partial charge on any atom is -0.497 e. The maximum atomic E-state index is 13.7. The molecule has 3 aromatic rings. The number of rotatable bonds is 13. The summed E-state index contributed by atoms with van der Waals surface area (Å²) in [4.78, 5) is 28.8. The van der Waals surface area contributed by atoms with Crippen molar-refractivity contribution in [3.63, 3.8) is 0 Å². The second-order valence-corrected chi connectivity index (χ2v) is 9.77.